The van der Waals surface area contributed by atoms with Crippen molar-refractivity contribution in [2.24, 2.45) is 10.9 Å². The molecule has 1 aromatic rings. The van der Waals surface area contributed by atoms with Gasteiger partial charge in [0.1, 0.15) is 0 Å². The normalized spacial score (nSPS) is 23.2. The standard InChI is InChI=1S/C19H30N4S/c1-3-20-19(21-14-16(2)13-18-7-6-12-24-18)23-11-8-17(15-23)22-9-4-5-10-22/h4-7,12,16-17H,3,8-11,13-15H2,1-2H3,(H,20,21). The monoisotopic (exact) mass is 346 g/mol. The zero-order valence-corrected chi connectivity index (χ0v) is 15.8. The average Bonchev–Trinajstić information content (AvgIpc) is 3.32. The van der Waals surface area contributed by atoms with E-state index in [9.17, 15) is 0 Å². The summed E-state index contributed by atoms with van der Waals surface area (Å²) in [5.74, 6) is 1.68. The highest BCUT2D eigenvalue weighted by molar-refractivity contribution is 7.09. The van der Waals surface area contributed by atoms with E-state index >= 15 is 0 Å². The van der Waals surface area contributed by atoms with Crippen LogP contribution in [0.4, 0.5) is 0 Å². The van der Waals surface area contributed by atoms with Crippen molar-refractivity contribution in [2.45, 2.75) is 32.7 Å². The fourth-order valence-electron chi connectivity index (χ4n) is 3.53. The summed E-state index contributed by atoms with van der Waals surface area (Å²) in [5.41, 5.74) is 0. The van der Waals surface area contributed by atoms with Crippen LogP contribution in [0.2, 0.25) is 0 Å². The maximum Gasteiger partial charge on any atom is 0.193 e. The first-order valence-electron chi connectivity index (χ1n) is 9.21. The van der Waals surface area contributed by atoms with E-state index in [2.05, 4.69) is 58.6 Å². The molecule has 24 heavy (non-hydrogen) atoms. The third-order valence-electron chi connectivity index (χ3n) is 4.84. The molecule has 132 valence electrons. The molecule has 3 rings (SSSR count). The van der Waals surface area contributed by atoms with Gasteiger partial charge in [-0.2, -0.15) is 0 Å². The van der Waals surface area contributed by atoms with E-state index in [1.807, 2.05) is 11.3 Å². The molecule has 4 nitrogen and oxygen atoms in total. The zero-order valence-electron chi connectivity index (χ0n) is 14.9. The van der Waals surface area contributed by atoms with Crippen LogP contribution in [-0.4, -0.2) is 61.1 Å². The highest BCUT2D eigenvalue weighted by atomic mass is 32.1. The third-order valence-corrected chi connectivity index (χ3v) is 5.74. The Morgan fingerprint density at radius 1 is 1.42 bits per heavy atom. The van der Waals surface area contributed by atoms with E-state index in [1.165, 1.54) is 11.3 Å². The molecule has 0 aromatic carbocycles. The molecule has 2 atom stereocenters. The van der Waals surface area contributed by atoms with E-state index < -0.39 is 0 Å². The van der Waals surface area contributed by atoms with Crippen molar-refractivity contribution in [3.63, 3.8) is 0 Å². The van der Waals surface area contributed by atoms with Crippen LogP contribution in [0.15, 0.2) is 34.7 Å². The molecule has 2 aliphatic rings. The lowest BCUT2D eigenvalue weighted by molar-refractivity contribution is 0.259. The molecule has 0 spiro atoms. The fraction of sp³-hybridized carbons (Fsp3) is 0.632. The summed E-state index contributed by atoms with van der Waals surface area (Å²) >= 11 is 1.85. The van der Waals surface area contributed by atoms with Crippen LogP contribution in [0.1, 0.15) is 25.1 Å². The molecule has 1 saturated heterocycles. The summed E-state index contributed by atoms with van der Waals surface area (Å²) in [5, 5.41) is 5.65. The molecule has 0 amide bonds. The van der Waals surface area contributed by atoms with Crippen LogP contribution in [-0.2, 0) is 6.42 Å². The molecule has 0 radical (unpaired) electrons. The van der Waals surface area contributed by atoms with Crippen LogP contribution < -0.4 is 5.32 Å². The average molecular weight is 347 g/mol. The lowest BCUT2D eigenvalue weighted by atomic mass is 10.1. The van der Waals surface area contributed by atoms with Crippen molar-refractivity contribution >= 4 is 17.3 Å². The number of aliphatic imine (C=N–C) groups is 1. The van der Waals surface area contributed by atoms with Gasteiger partial charge in [-0.15, -0.1) is 11.3 Å². The highest BCUT2D eigenvalue weighted by Crippen LogP contribution is 2.18. The molecule has 1 aromatic heterocycles. The van der Waals surface area contributed by atoms with Gasteiger partial charge < -0.3 is 10.2 Å². The summed E-state index contributed by atoms with van der Waals surface area (Å²) in [7, 11) is 0. The van der Waals surface area contributed by atoms with Gasteiger partial charge in [0, 0.05) is 50.2 Å². The van der Waals surface area contributed by atoms with Gasteiger partial charge in [0.05, 0.1) is 0 Å². The second-order valence-corrected chi connectivity index (χ2v) is 7.93. The van der Waals surface area contributed by atoms with E-state index in [0.29, 0.717) is 12.0 Å². The summed E-state index contributed by atoms with van der Waals surface area (Å²) in [6, 6.07) is 5.04. The Morgan fingerprint density at radius 3 is 2.96 bits per heavy atom. The van der Waals surface area contributed by atoms with Crippen molar-refractivity contribution in [1.82, 2.24) is 15.1 Å². The van der Waals surface area contributed by atoms with E-state index in [1.54, 1.807) is 0 Å². The van der Waals surface area contributed by atoms with Gasteiger partial charge >= 0.3 is 0 Å². The number of hydrogen-bond donors (Lipinski definition) is 1. The van der Waals surface area contributed by atoms with Gasteiger partial charge in [0.25, 0.3) is 0 Å². The molecule has 0 bridgehead atoms. The minimum atomic E-state index is 0.582. The Labute approximate surface area is 150 Å². The van der Waals surface area contributed by atoms with Crippen molar-refractivity contribution in [1.29, 1.82) is 0 Å². The van der Waals surface area contributed by atoms with Gasteiger partial charge in [-0.25, -0.2) is 0 Å². The predicted octanol–water partition coefficient (Wildman–Crippen LogP) is 2.84. The van der Waals surface area contributed by atoms with Crippen molar-refractivity contribution < 1.29 is 0 Å². The molecule has 0 saturated carbocycles. The first kappa shape index (κ1) is 17.5. The quantitative estimate of drug-likeness (QED) is 0.488. The zero-order chi connectivity index (χ0) is 16.8. The Bertz CT molecular complexity index is 544. The molecule has 1 N–H and O–H groups in total. The first-order valence-corrected chi connectivity index (χ1v) is 10.1. The van der Waals surface area contributed by atoms with Crippen molar-refractivity contribution in [3.05, 3.63) is 34.5 Å². The molecular formula is C19H30N4S. The van der Waals surface area contributed by atoms with Gasteiger partial charge in [-0.05, 0) is 37.1 Å². The lowest BCUT2D eigenvalue weighted by Gasteiger charge is -2.25. The van der Waals surface area contributed by atoms with Gasteiger partial charge in [-0.1, -0.05) is 25.1 Å². The fourth-order valence-corrected chi connectivity index (χ4v) is 4.40. The SMILES string of the molecule is CCNC(=NCC(C)Cc1cccs1)N1CCC(N2CC=CC2)C1. The van der Waals surface area contributed by atoms with Crippen LogP contribution in [0.25, 0.3) is 0 Å². The van der Waals surface area contributed by atoms with E-state index in [0.717, 1.165) is 51.6 Å². The molecule has 2 unspecified atom stereocenters. The van der Waals surface area contributed by atoms with Gasteiger partial charge in [0.15, 0.2) is 5.96 Å². The maximum atomic E-state index is 4.94. The topological polar surface area (TPSA) is 30.9 Å². The Kier molecular flexibility index (Phi) is 6.32. The molecular weight excluding hydrogens is 316 g/mol. The van der Waals surface area contributed by atoms with Crippen molar-refractivity contribution in [3.8, 4) is 0 Å². The summed E-state index contributed by atoms with van der Waals surface area (Å²) in [6.45, 7) is 10.7. The Morgan fingerprint density at radius 2 is 2.25 bits per heavy atom. The molecule has 0 aliphatic carbocycles. The minimum absolute atomic E-state index is 0.582. The Balaban J connectivity index is 1.53. The largest absolute Gasteiger partial charge is 0.357 e. The second kappa shape index (κ2) is 8.67. The molecule has 3 heterocycles. The van der Waals surface area contributed by atoms with Gasteiger partial charge in [-0.3, -0.25) is 9.89 Å². The van der Waals surface area contributed by atoms with E-state index in [4.69, 9.17) is 4.99 Å². The van der Waals surface area contributed by atoms with Crippen LogP contribution in [0.3, 0.4) is 0 Å². The maximum absolute atomic E-state index is 4.94. The Hall–Kier alpha value is -1.33. The molecule has 5 heteroatoms. The number of nitrogens with one attached hydrogen (secondary N) is 1. The first-order chi connectivity index (χ1) is 11.8. The number of guanidine groups is 1. The van der Waals surface area contributed by atoms with Crippen LogP contribution >= 0.6 is 11.3 Å². The number of likely N-dealkylation sites (tertiary alicyclic amines) is 1. The number of nitrogens with zero attached hydrogens (tertiary/aromatic N) is 3. The molecule has 2 aliphatic heterocycles. The smallest absolute Gasteiger partial charge is 0.193 e. The predicted molar refractivity (Wildman–Crippen MR) is 104 cm³/mol. The summed E-state index contributed by atoms with van der Waals surface area (Å²) < 4.78 is 0. The second-order valence-electron chi connectivity index (χ2n) is 6.90. The summed E-state index contributed by atoms with van der Waals surface area (Å²) in [6.07, 6.45) is 6.95. The number of rotatable bonds is 6. The number of hydrogen-bond acceptors (Lipinski definition) is 3. The van der Waals surface area contributed by atoms with Crippen LogP contribution in [0, 0.1) is 5.92 Å². The highest BCUT2D eigenvalue weighted by Gasteiger charge is 2.29. The van der Waals surface area contributed by atoms with Gasteiger partial charge in [0.2, 0.25) is 0 Å². The third kappa shape index (κ3) is 4.61. The molecule has 1 fully saturated rings. The summed E-state index contributed by atoms with van der Waals surface area (Å²) in [4.78, 5) is 11.4. The number of thiophene rings is 1. The van der Waals surface area contributed by atoms with Crippen LogP contribution in [0.5, 0.6) is 0 Å². The lowest BCUT2D eigenvalue weighted by Crippen LogP contribution is -2.43. The van der Waals surface area contributed by atoms with Crippen molar-refractivity contribution in [2.75, 3.05) is 39.3 Å². The van der Waals surface area contributed by atoms with E-state index in [-0.39, 0.29) is 0 Å². The minimum Gasteiger partial charge on any atom is -0.357 e.